The summed E-state index contributed by atoms with van der Waals surface area (Å²) >= 11 is 0. The minimum atomic E-state index is -0.275. The summed E-state index contributed by atoms with van der Waals surface area (Å²) in [7, 11) is 0. The van der Waals surface area contributed by atoms with Gasteiger partial charge < -0.3 is 5.32 Å². The molecule has 6 rings (SSSR count). The summed E-state index contributed by atoms with van der Waals surface area (Å²) in [5.41, 5.74) is 3.62. The molecule has 1 aromatic carbocycles. The molecule has 3 heterocycles. The number of carbonyl (C=O) groups is 1. The topological polar surface area (TPSA) is 94.2 Å². The molecule has 8 nitrogen and oxygen atoms in total. The smallest absolute Gasteiger partial charge is 0.230 e. The van der Waals surface area contributed by atoms with E-state index in [0.29, 0.717) is 28.7 Å². The number of anilines is 1. The van der Waals surface area contributed by atoms with E-state index in [2.05, 4.69) is 32.7 Å². The molecule has 1 amide bonds. The number of hydrogen-bond donors (Lipinski definition) is 1. The average molecular weight is 400 g/mol. The number of carbonyl (C=O) groups excluding carboxylic acids is 1. The van der Waals surface area contributed by atoms with Crippen molar-refractivity contribution in [3.8, 4) is 0 Å². The van der Waals surface area contributed by atoms with Crippen LogP contribution in [0.1, 0.15) is 48.9 Å². The molecule has 0 atom stereocenters. The lowest BCUT2D eigenvalue weighted by atomic mass is 10.1. The van der Waals surface area contributed by atoms with Crippen molar-refractivity contribution in [1.29, 1.82) is 0 Å². The van der Waals surface area contributed by atoms with Crippen LogP contribution in [0.15, 0.2) is 47.7 Å². The minimum Gasteiger partial charge on any atom is -0.324 e. The van der Waals surface area contributed by atoms with Gasteiger partial charge >= 0.3 is 0 Å². The van der Waals surface area contributed by atoms with E-state index >= 15 is 0 Å². The summed E-state index contributed by atoms with van der Waals surface area (Å²) in [6.45, 7) is 0. The highest BCUT2D eigenvalue weighted by molar-refractivity contribution is 5.92. The van der Waals surface area contributed by atoms with E-state index in [-0.39, 0.29) is 23.5 Å². The van der Waals surface area contributed by atoms with Crippen LogP contribution in [0.25, 0.3) is 16.6 Å². The van der Waals surface area contributed by atoms with E-state index < -0.39 is 0 Å². The molecule has 0 bridgehead atoms. The van der Waals surface area contributed by atoms with E-state index in [1.807, 2.05) is 10.7 Å². The molecule has 150 valence electrons. The van der Waals surface area contributed by atoms with Crippen LogP contribution in [-0.2, 0) is 11.2 Å². The van der Waals surface area contributed by atoms with Gasteiger partial charge in [-0.2, -0.15) is 5.10 Å². The second-order valence-corrected chi connectivity index (χ2v) is 8.24. The number of rotatable bonds is 5. The molecular formula is C22H20N6O2. The van der Waals surface area contributed by atoms with Crippen LogP contribution >= 0.6 is 0 Å². The Bertz CT molecular complexity index is 1360. The van der Waals surface area contributed by atoms with Gasteiger partial charge in [-0.3, -0.25) is 18.7 Å². The minimum absolute atomic E-state index is 0.0634. The Kier molecular flexibility index (Phi) is 3.74. The first-order valence-corrected chi connectivity index (χ1v) is 10.3. The fourth-order valence-electron chi connectivity index (χ4n) is 3.96. The molecule has 0 aliphatic heterocycles. The van der Waals surface area contributed by atoms with Crippen LogP contribution in [0, 0.1) is 0 Å². The molecule has 0 unspecified atom stereocenters. The predicted octanol–water partition coefficient (Wildman–Crippen LogP) is 2.83. The molecule has 2 aliphatic carbocycles. The third kappa shape index (κ3) is 3.04. The highest BCUT2D eigenvalue weighted by Gasteiger charge is 2.29. The Morgan fingerprint density at radius 1 is 1.13 bits per heavy atom. The van der Waals surface area contributed by atoms with Crippen LogP contribution in [0.4, 0.5) is 5.69 Å². The van der Waals surface area contributed by atoms with Crippen LogP contribution < -0.4 is 10.7 Å². The Morgan fingerprint density at radius 2 is 2.00 bits per heavy atom. The molecular weight excluding hydrogens is 380 g/mol. The summed E-state index contributed by atoms with van der Waals surface area (Å²) in [5, 5.41) is 15.9. The van der Waals surface area contributed by atoms with Crippen LogP contribution in [-0.4, -0.2) is 30.3 Å². The number of nitrogens with zero attached hydrogens (tertiary/aromatic N) is 5. The Balaban J connectivity index is 1.32. The molecule has 2 saturated carbocycles. The number of aromatic nitrogens is 5. The normalized spacial score (nSPS) is 16.3. The lowest BCUT2D eigenvalue weighted by Gasteiger charge is -2.13. The Hall–Kier alpha value is -3.55. The van der Waals surface area contributed by atoms with Gasteiger partial charge in [0.1, 0.15) is 12.0 Å². The van der Waals surface area contributed by atoms with Crippen LogP contribution in [0.2, 0.25) is 0 Å². The summed E-state index contributed by atoms with van der Waals surface area (Å²) in [4.78, 5) is 25.7. The van der Waals surface area contributed by atoms with Gasteiger partial charge in [0, 0.05) is 11.6 Å². The van der Waals surface area contributed by atoms with Crippen LogP contribution in [0.5, 0.6) is 0 Å². The summed E-state index contributed by atoms with van der Waals surface area (Å²) in [6.07, 6.45) is 7.79. The number of fused-ring (bicyclic) bond motifs is 2. The lowest BCUT2D eigenvalue weighted by Crippen LogP contribution is -2.24. The zero-order valence-electron chi connectivity index (χ0n) is 16.3. The van der Waals surface area contributed by atoms with Gasteiger partial charge in [-0.25, -0.2) is 0 Å². The second kappa shape index (κ2) is 6.48. The number of pyridine rings is 1. The zero-order chi connectivity index (χ0) is 20.2. The molecule has 0 spiro atoms. The van der Waals surface area contributed by atoms with Crippen molar-refractivity contribution in [1.82, 2.24) is 24.4 Å². The van der Waals surface area contributed by atoms with E-state index in [1.165, 1.54) is 18.4 Å². The van der Waals surface area contributed by atoms with Crippen molar-refractivity contribution in [3.63, 3.8) is 0 Å². The van der Waals surface area contributed by atoms with E-state index in [0.717, 1.165) is 18.4 Å². The summed E-state index contributed by atoms with van der Waals surface area (Å²) < 4.78 is 3.69. The van der Waals surface area contributed by atoms with E-state index in [1.54, 1.807) is 29.1 Å². The van der Waals surface area contributed by atoms with Crippen LogP contribution in [0.3, 0.4) is 0 Å². The molecule has 3 aromatic heterocycles. The number of hydrogen-bond acceptors (Lipinski definition) is 5. The predicted molar refractivity (Wildman–Crippen MR) is 112 cm³/mol. The largest absolute Gasteiger partial charge is 0.324 e. The Labute approximate surface area is 171 Å². The first-order valence-electron chi connectivity index (χ1n) is 10.3. The maximum atomic E-state index is 13.1. The van der Waals surface area contributed by atoms with Gasteiger partial charge in [0.2, 0.25) is 11.3 Å². The molecule has 4 aromatic rings. The average Bonchev–Trinajstić information content (AvgIpc) is 3.67. The van der Waals surface area contributed by atoms with Gasteiger partial charge in [-0.15, -0.1) is 10.2 Å². The van der Waals surface area contributed by atoms with Gasteiger partial charge in [-0.1, -0.05) is 6.07 Å². The van der Waals surface area contributed by atoms with Crippen molar-refractivity contribution in [2.75, 3.05) is 5.32 Å². The van der Waals surface area contributed by atoms with Gasteiger partial charge in [0.05, 0.1) is 23.7 Å². The molecule has 1 N–H and O–H groups in total. The summed E-state index contributed by atoms with van der Waals surface area (Å²) in [5.74, 6) is 0.342. The highest BCUT2D eigenvalue weighted by Crippen LogP contribution is 2.42. The fourth-order valence-corrected chi connectivity index (χ4v) is 3.96. The van der Waals surface area contributed by atoms with Crippen molar-refractivity contribution in [2.45, 2.75) is 44.1 Å². The SMILES string of the molecule is O=C(Cc1nn(C2CC2)c2cc(C3CC3)ccc2c1=O)Nc1ccc2nncn2c1. The van der Waals surface area contributed by atoms with Crippen molar-refractivity contribution >= 4 is 28.1 Å². The second-order valence-electron chi connectivity index (χ2n) is 8.24. The van der Waals surface area contributed by atoms with Gasteiger partial charge in [-0.05, 0) is 61.4 Å². The van der Waals surface area contributed by atoms with Gasteiger partial charge in [0.25, 0.3) is 0 Å². The lowest BCUT2D eigenvalue weighted by molar-refractivity contribution is -0.115. The number of amides is 1. The first-order chi connectivity index (χ1) is 14.7. The van der Waals surface area contributed by atoms with Gasteiger partial charge in [0.15, 0.2) is 5.65 Å². The summed E-state index contributed by atoms with van der Waals surface area (Å²) in [6, 6.07) is 9.94. The number of benzene rings is 1. The van der Waals surface area contributed by atoms with Crippen molar-refractivity contribution < 1.29 is 4.79 Å². The third-order valence-corrected chi connectivity index (χ3v) is 5.85. The fraction of sp³-hybridized carbons (Fsp3) is 0.318. The molecule has 2 fully saturated rings. The maximum absolute atomic E-state index is 13.1. The molecule has 8 heteroatoms. The highest BCUT2D eigenvalue weighted by atomic mass is 16.1. The zero-order valence-corrected chi connectivity index (χ0v) is 16.3. The molecule has 2 aliphatic rings. The third-order valence-electron chi connectivity index (χ3n) is 5.85. The number of nitrogens with one attached hydrogen (secondary N) is 1. The molecule has 0 radical (unpaired) electrons. The van der Waals surface area contributed by atoms with E-state index in [9.17, 15) is 9.59 Å². The maximum Gasteiger partial charge on any atom is 0.230 e. The standard InChI is InChI=1S/C22H20N6O2/c29-21(24-15-4-8-20-25-23-12-27(20)11-15)10-18-22(30)17-7-3-14(13-1-2-13)9-19(17)28(26-18)16-5-6-16/h3-4,7-9,11-13,16H,1-2,5-6,10H2,(H,24,29). The van der Waals surface area contributed by atoms with Crippen molar-refractivity contribution in [2.24, 2.45) is 0 Å². The van der Waals surface area contributed by atoms with E-state index in [4.69, 9.17) is 0 Å². The monoisotopic (exact) mass is 400 g/mol. The quantitative estimate of drug-likeness (QED) is 0.556. The molecule has 30 heavy (non-hydrogen) atoms. The van der Waals surface area contributed by atoms with Crippen molar-refractivity contribution in [3.05, 3.63) is 64.3 Å². The molecule has 0 saturated heterocycles. The Morgan fingerprint density at radius 3 is 2.80 bits per heavy atom. The first kappa shape index (κ1) is 17.3.